The number of nitrogens with zero attached hydrogens (tertiary/aromatic N) is 5. The summed E-state index contributed by atoms with van der Waals surface area (Å²) in [6.07, 6.45) is 6.88. The van der Waals surface area contributed by atoms with Crippen molar-refractivity contribution in [2.45, 2.75) is 19.5 Å². The molecule has 4 rings (SSSR count). The van der Waals surface area contributed by atoms with Gasteiger partial charge in [-0.2, -0.15) is 0 Å². The average molecular weight is 389 g/mol. The molecule has 1 N–H and O–H groups in total. The number of nitrogens with one attached hydrogen (secondary N) is 1. The van der Waals surface area contributed by atoms with Crippen LogP contribution in [0.4, 0.5) is 0 Å². The van der Waals surface area contributed by atoms with Crippen molar-refractivity contribution in [3.8, 4) is 11.4 Å². The maximum atomic E-state index is 12.6. The Morgan fingerprint density at radius 1 is 1.19 bits per heavy atom. The van der Waals surface area contributed by atoms with Crippen LogP contribution in [0.2, 0.25) is 10.2 Å². The smallest absolute Gasteiger partial charge is 0.255 e. The number of aromatic amines is 1. The van der Waals surface area contributed by atoms with Crippen LogP contribution in [0.15, 0.2) is 35.8 Å². The van der Waals surface area contributed by atoms with Gasteiger partial charge in [0.15, 0.2) is 0 Å². The lowest BCUT2D eigenvalue weighted by atomic mass is 10.1. The van der Waals surface area contributed by atoms with E-state index in [1.54, 1.807) is 18.5 Å². The zero-order chi connectivity index (χ0) is 18.1. The minimum atomic E-state index is -0.145. The van der Waals surface area contributed by atoms with Gasteiger partial charge in [0.05, 0.1) is 21.8 Å². The Morgan fingerprint density at radius 2 is 2.00 bits per heavy atom. The molecule has 26 heavy (non-hydrogen) atoms. The molecule has 0 spiro atoms. The van der Waals surface area contributed by atoms with E-state index in [9.17, 15) is 4.79 Å². The van der Waals surface area contributed by atoms with Gasteiger partial charge in [-0.15, -0.1) is 0 Å². The Hall–Kier alpha value is -2.35. The molecule has 1 aliphatic rings. The Labute approximate surface area is 159 Å². The van der Waals surface area contributed by atoms with Gasteiger partial charge in [-0.25, -0.2) is 19.9 Å². The number of H-pyrrole nitrogens is 1. The summed E-state index contributed by atoms with van der Waals surface area (Å²) >= 11 is 12.1. The molecule has 0 saturated carbocycles. The summed E-state index contributed by atoms with van der Waals surface area (Å²) in [7, 11) is 0. The Bertz CT molecular complexity index is 1010. The van der Waals surface area contributed by atoms with Crippen LogP contribution >= 0.6 is 23.2 Å². The lowest BCUT2D eigenvalue weighted by Gasteiger charge is -2.27. The highest BCUT2D eigenvalue weighted by molar-refractivity contribution is 6.32. The van der Waals surface area contributed by atoms with Crippen molar-refractivity contribution in [1.82, 2.24) is 29.8 Å². The van der Waals surface area contributed by atoms with Gasteiger partial charge in [-0.3, -0.25) is 9.69 Å². The number of aromatic nitrogens is 5. The Morgan fingerprint density at radius 3 is 2.81 bits per heavy atom. The zero-order valence-corrected chi connectivity index (χ0v) is 15.1. The molecule has 132 valence electrons. The average Bonchev–Trinajstić information content (AvgIpc) is 2.66. The van der Waals surface area contributed by atoms with E-state index >= 15 is 0 Å². The lowest BCUT2D eigenvalue weighted by molar-refractivity contribution is 0.241. The highest BCUT2D eigenvalue weighted by Gasteiger charge is 2.22. The molecule has 0 amide bonds. The van der Waals surface area contributed by atoms with Crippen molar-refractivity contribution in [2.75, 3.05) is 6.54 Å². The predicted molar refractivity (Wildman–Crippen MR) is 98.0 cm³/mol. The number of hydrogen-bond acceptors (Lipinski definition) is 6. The van der Waals surface area contributed by atoms with E-state index in [1.807, 2.05) is 0 Å². The minimum Gasteiger partial charge on any atom is -0.306 e. The number of hydrogen-bond donors (Lipinski definition) is 1. The van der Waals surface area contributed by atoms with E-state index in [0.717, 1.165) is 17.8 Å². The fraction of sp³-hybridized carbons (Fsp3) is 0.235. The Kier molecular flexibility index (Phi) is 4.67. The molecule has 9 heteroatoms. The van der Waals surface area contributed by atoms with Gasteiger partial charge in [-0.1, -0.05) is 23.2 Å². The van der Waals surface area contributed by atoms with Crippen LogP contribution in [-0.4, -0.2) is 36.4 Å². The summed E-state index contributed by atoms with van der Waals surface area (Å²) in [5.41, 5.74) is 2.85. The first-order chi connectivity index (χ1) is 12.6. The molecule has 4 heterocycles. The van der Waals surface area contributed by atoms with Crippen LogP contribution in [0.1, 0.15) is 16.8 Å². The third-order valence-electron chi connectivity index (χ3n) is 4.25. The highest BCUT2D eigenvalue weighted by atomic mass is 35.5. The van der Waals surface area contributed by atoms with E-state index in [-0.39, 0.29) is 5.56 Å². The van der Waals surface area contributed by atoms with Crippen molar-refractivity contribution in [2.24, 2.45) is 0 Å². The van der Waals surface area contributed by atoms with Crippen LogP contribution in [0, 0.1) is 0 Å². The zero-order valence-electron chi connectivity index (χ0n) is 13.6. The van der Waals surface area contributed by atoms with Gasteiger partial charge in [-0.05, 0) is 6.07 Å². The lowest BCUT2D eigenvalue weighted by Crippen LogP contribution is -2.35. The van der Waals surface area contributed by atoms with Crippen molar-refractivity contribution in [3.63, 3.8) is 0 Å². The summed E-state index contributed by atoms with van der Waals surface area (Å²) in [5, 5.41) is 0.961. The molecular formula is C17H14Cl2N6O. The van der Waals surface area contributed by atoms with E-state index in [4.69, 9.17) is 23.2 Å². The molecule has 0 bridgehead atoms. The van der Waals surface area contributed by atoms with Gasteiger partial charge in [0.2, 0.25) is 0 Å². The first-order valence-corrected chi connectivity index (χ1v) is 8.75. The van der Waals surface area contributed by atoms with E-state index in [2.05, 4.69) is 29.8 Å². The SMILES string of the molecule is O=c1[nH]c(-c2cncnc2)nc2c1CN(Cc1cc(Cl)cnc1Cl)CC2. The van der Waals surface area contributed by atoms with E-state index < -0.39 is 0 Å². The normalized spacial score (nSPS) is 14.2. The van der Waals surface area contributed by atoms with Crippen LogP contribution in [0.25, 0.3) is 11.4 Å². The summed E-state index contributed by atoms with van der Waals surface area (Å²) in [6.45, 7) is 1.82. The molecule has 1 aliphatic heterocycles. The molecule has 3 aromatic rings. The quantitative estimate of drug-likeness (QED) is 0.693. The molecule has 0 unspecified atom stereocenters. The highest BCUT2D eigenvalue weighted by Crippen LogP contribution is 2.23. The number of pyridine rings is 1. The summed E-state index contributed by atoms with van der Waals surface area (Å²) < 4.78 is 0. The van der Waals surface area contributed by atoms with Crippen LogP contribution in [0.3, 0.4) is 0 Å². The number of halogens is 2. The second kappa shape index (κ2) is 7.11. The molecule has 0 aliphatic carbocycles. The van der Waals surface area contributed by atoms with Crippen molar-refractivity contribution in [3.05, 3.63) is 68.3 Å². The third kappa shape index (κ3) is 3.46. The van der Waals surface area contributed by atoms with Gasteiger partial charge < -0.3 is 4.98 Å². The van der Waals surface area contributed by atoms with Gasteiger partial charge >= 0.3 is 0 Å². The number of fused-ring (bicyclic) bond motifs is 1. The van der Waals surface area contributed by atoms with Gasteiger partial charge in [0.25, 0.3) is 5.56 Å². The van der Waals surface area contributed by atoms with E-state index in [1.165, 1.54) is 12.5 Å². The summed E-state index contributed by atoms with van der Waals surface area (Å²) in [4.78, 5) is 34.1. The third-order valence-corrected chi connectivity index (χ3v) is 4.80. The summed E-state index contributed by atoms with van der Waals surface area (Å²) in [6, 6.07) is 1.80. The summed E-state index contributed by atoms with van der Waals surface area (Å²) in [5.74, 6) is 0.491. The molecule has 0 aromatic carbocycles. The van der Waals surface area contributed by atoms with Crippen molar-refractivity contribution >= 4 is 23.2 Å². The van der Waals surface area contributed by atoms with Gasteiger partial charge in [0.1, 0.15) is 17.3 Å². The Balaban J connectivity index is 1.59. The fourth-order valence-electron chi connectivity index (χ4n) is 2.99. The predicted octanol–water partition coefficient (Wildman–Crippen LogP) is 2.49. The second-order valence-corrected chi connectivity index (χ2v) is 6.83. The van der Waals surface area contributed by atoms with E-state index in [0.29, 0.717) is 46.6 Å². The molecular weight excluding hydrogens is 375 g/mol. The maximum Gasteiger partial charge on any atom is 0.255 e. The molecule has 0 fully saturated rings. The molecule has 0 saturated heterocycles. The maximum absolute atomic E-state index is 12.6. The monoisotopic (exact) mass is 388 g/mol. The standard InChI is InChI=1S/C17H14Cl2N6O/c18-12-3-10(15(19)22-6-12)7-25-2-1-14-13(8-25)17(26)24-16(23-14)11-4-20-9-21-5-11/h3-6,9H,1-2,7-8H2,(H,23,24,26). The van der Waals surface area contributed by atoms with Gasteiger partial charge in [0, 0.05) is 50.2 Å². The molecule has 7 nitrogen and oxygen atoms in total. The topological polar surface area (TPSA) is 87.7 Å². The first kappa shape index (κ1) is 17.1. The van der Waals surface area contributed by atoms with Crippen molar-refractivity contribution < 1.29 is 0 Å². The van der Waals surface area contributed by atoms with Crippen LogP contribution in [-0.2, 0) is 19.5 Å². The molecule has 0 atom stereocenters. The number of rotatable bonds is 3. The van der Waals surface area contributed by atoms with Crippen molar-refractivity contribution in [1.29, 1.82) is 0 Å². The second-order valence-electron chi connectivity index (χ2n) is 6.03. The molecule has 0 radical (unpaired) electrons. The van der Waals surface area contributed by atoms with Crippen LogP contribution in [0.5, 0.6) is 0 Å². The van der Waals surface area contributed by atoms with Crippen LogP contribution < -0.4 is 5.56 Å². The first-order valence-electron chi connectivity index (χ1n) is 8.00. The minimum absolute atomic E-state index is 0.145. The largest absolute Gasteiger partial charge is 0.306 e. The fourth-order valence-corrected chi connectivity index (χ4v) is 3.33. The molecule has 3 aromatic heterocycles.